The number of rotatable bonds is 7. The maximum Gasteiger partial charge on any atom is 0.329 e. The maximum absolute atomic E-state index is 11.9. The first-order chi connectivity index (χ1) is 10.7. The Morgan fingerprint density at radius 2 is 1.87 bits per heavy atom. The van der Waals surface area contributed by atoms with E-state index in [2.05, 4.69) is 10.6 Å². The zero-order valence-corrected chi connectivity index (χ0v) is 14.3. The van der Waals surface area contributed by atoms with Gasteiger partial charge in [-0.3, -0.25) is 9.59 Å². The van der Waals surface area contributed by atoms with Gasteiger partial charge in [0.1, 0.15) is 5.54 Å². The van der Waals surface area contributed by atoms with Gasteiger partial charge in [0.15, 0.2) is 0 Å². The number of hydrogen-bond acceptors (Lipinski definition) is 3. The normalized spacial score (nSPS) is 13.0. The fraction of sp³-hybridized carbons (Fsp3) is 0.400. The summed E-state index contributed by atoms with van der Waals surface area (Å²) in [6.07, 6.45) is 0.882. The minimum Gasteiger partial charge on any atom is -0.480 e. The van der Waals surface area contributed by atoms with Crippen LogP contribution in [0.5, 0.6) is 0 Å². The third-order valence-corrected chi connectivity index (χ3v) is 3.97. The molecular formula is C15H18Cl2N2O4. The first-order valence-electron chi connectivity index (χ1n) is 6.97. The van der Waals surface area contributed by atoms with Gasteiger partial charge < -0.3 is 15.7 Å². The first-order valence-corrected chi connectivity index (χ1v) is 7.73. The number of carbonyl (C=O) groups excluding carboxylic acids is 2. The molecule has 0 aliphatic rings. The van der Waals surface area contributed by atoms with Crippen LogP contribution in [0.2, 0.25) is 10.0 Å². The number of nitrogens with one attached hydrogen (secondary N) is 2. The monoisotopic (exact) mass is 360 g/mol. The largest absolute Gasteiger partial charge is 0.480 e. The summed E-state index contributed by atoms with van der Waals surface area (Å²) >= 11 is 11.6. The molecule has 1 aromatic carbocycles. The number of amides is 2. The minimum absolute atomic E-state index is 0.227. The molecule has 0 aliphatic heterocycles. The average molecular weight is 361 g/mol. The molecule has 0 saturated heterocycles. The van der Waals surface area contributed by atoms with Crippen molar-refractivity contribution in [3.8, 4) is 0 Å². The minimum atomic E-state index is -1.36. The van der Waals surface area contributed by atoms with E-state index in [1.54, 1.807) is 0 Å². The molecule has 2 amide bonds. The van der Waals surface area contributed by atoms with Crippen molar-refractivity contribution in [1.29, 1.82) is 0 Å². The van der Waals surface area contributed by atoms with Crippen LogP contribution in [0.1, 0.15) is 37.0 Å². The Bertz CT molecular complexity index is 621. The van der Waals surface area contributed by atoms with E-state index in [4.69, 9.17) is 23.2 Å². The molecule has 0 saturated carbocycles. The lowest BCUT2D eigenvalue weighted by molar-refractivity contribution is -0.147. The van der Waals surface area contributed by atoms with Crippen LogP contribution >= 0.6 is 23.2 Å². The van der Waals surface area contributed by atoms with Gasteiger partial charge in [0.05, 0.1) is 16.6 Å². The van der Waals surface area contributed by atoms with Crippen LogP contribution in [0.15, 0.2) is 18.2 Å². The van der Waals surface area contributed by atoms with Gasteiger partial charge in [-0.25, -0.2) is 4.79 Å². The van der Waals surface area contributed by atoms with E-state index in [1.807, 2.05) is 6.92 Å². The molecule has 1 atom stereocenters. The van der Waals surface area contributed by atoms with E-state index in [9.17, 15) is 19.5 Å². The Balaban J connectivity index is 2.63. The zero-order valence-electron chi connectivity index (χ0n) is 12.8. The van der Waals surface area contributed by atoms with Crippen LogP contribution in [0, 0.1) is 0 Å². The molecule has 1 unspecified atom stereocenters. The van der Waals surface area contributed by atoms with Gasteiger partial charge in [-0.1, -0.05) is 36.5 Å². The fourth-order valence-electron chi connectivity index (χ4n) is 1.97. The molecule has 6 nitrogen and oxygen atoms in total. The Labute approximate surface area is 144 Å². The number of carboxylic acid groups (broad SMARTS) is 1. The third-order valence-electron chi connectivity index (χ3n) is 3.23. The molecule has 23 heavy (non-hydrogen) atoms. The average Bonchev–Trinajstić information content (AvgIpc) is 2.47. The van der Waals surface area contributed by atoms with Gasteiger partial charge in [-0.2, -0.15) is 0 Å². The molecule has 0 spiro atoms. The van der Waals surface area contributed by atoms with Crippen molar-refractivity contribution < 1.29 is 19.5 Å². The van der Waals surface area contributed by atoms with Gasteiger partial charge in [0.2, 0.25) is 5.91 Å². The van der Waals surface area contributed by atoms with Gasteiger partial charge in [0.25, 0.3) is 5.91 Å². The molecular weight excluding hydrogens is 343 g/mol. The quantitative estimate of drug-likeness (QED) is 0.695. The highest BCUT2D eigenvalue weighted by atomic mass is 35.5. The molecule has 0 aliphatic carbocycles. The van der Waals surface area contributed by atoms with Crippen LogP contribution in [0.25, 0.3) is 0 Å². The first kappa shape index (κ1) is 19.3. The summed E-state index contributed by atoms with van der Waals surface area (Å²) < 4.78 is 0. The summed E-state index contributed by atoms with van der Waals surface area (Å²) in [6.45, 7) is 2.91. The third kappa shape index (κ3) is 5.41. The number of aliphatic carboxylic acids is 1. The molecule has 8 heteroatoms. The summed E-state index contributed by atoms with van der Waals surface area (Å²) in [6, 6.07) is 4.33. The van der Waals surface area contributed by atoms with Crippen molar-refractivity contribution in [2.24, 2.45) is 0 Å². The van der Waals surface area contributed by atoms with Crippen molar-refractivity contribution in [3.63, 3.8) is 0 Å². The number of benzene rings is 1. The second-order valence-corrected chi connectivity index (χ2v) is 6.06. The summed E-state index contributed by atoms with van der Waals surface area (Å²) in [5.41, 5.74) is -1.11. The summed E-state index contributed by atoms with van der Waals surface area (Å²) in [5, 5.41) is 14.6. The Kier molecular flexibility index (Phi) is 6.84. The Hall–Kier alpha value is -1.79. The molecule has 0 heterocycles. The van der Waals surface area contributed by atoms with Gasteiger partial charge >= 0.3 is 5.97 Å². The number of carbonyl (C=O) groups is 3. The lowest BCUT2D eigenvalue weighted by Gasteiger charge is -2.25. The smallest absolute Gasteiger partial charge is 0.329 e. The van der Waals surface area contributed by atoms with E-state index >= 15 is 0 Å². The Morgan fingerprint density at radius 3 is 2.39 bits per heavy atom. The van der Waals surface area contributed by atoms with E-state index in [1.165, 1.54) is 25.1 Å². The highest BCUT2D eigenvalue weighted by Gasteiger charge is 2.33. The highest BCUT2D eigenvalue weighted by Crippen LogP contribution is 2.22. The molecule has 0 aromatic heterocycles. The second kappa shape index (κ2) is 8.17. The molecule has 0 radical (unpaired) electrons. The van der Waals surface area contributed by atoms with E-state index in [0.29, 0.717) is 11.4 Å². The summed E-state index contributed by atoms with van der Waals surface area (Å²) in [4.78, 5) is 35.0. The van der Waals surface area contributed by atoms with E-state index in [0.717, 1.165) is 0 Å². The number of halogens is 2. The fourth-order valence-corrected chi connectivity index (χ4v) is 2.27. The lowest BCUT2D eigenvalue weighted by Crippen LogP contribution is -2.54. The number of carboxylic acids is 1. The molecule has 0 fully saturated rings. The maximum atomic E-state index is 11.9. The molecule has 3 N–H and O–H groups in total. The predicted octanol–water partition coefficient (Wildman–Crippen LogP) is 2.48. The van der Waals surface area contributed by atoms with Crippen molar-refractivity contribution in [1.82, 2.24) is 10.6 Å². The zero-order chi connectivity index (χ0) is 17.6. The summed E-state index contributed by atoms with van der Waals surface area (Å²) in [5.74, 6) is -2.22. The van der Waals surface area contributed by atoms with Crippen LogP contribution < -0.4 is 10.6 Å². The second-order valence-electron chi connectivity index (χ2n) is 5.25. The van der Waals surface area contributed by atoms with Crippen LogP contribution in [-0.4, -0.2) is 35.0 Å². The van der Waals surface area contributed by atoms with Crippen LogP contribution in [0.4, 0.5) is 0 Å². The predicted molar refractivity (Wildman–Crippen MR) is 87.9 cm³/mol. The summed E-state index contributed by atoms with van der Waals surface area (Å²) in [7, 11) is 0. The SMILES string of the molecule is CCCC(C)(NC(=O)CNC(=O)c1ccc(Cl)c(Cl)c1)C(=O)O. The standard InChI is InChI=1S/C15H18Cl2N2O4/c1-3-6-15(2,14(22)23)19-12(20)8-18-13(21)9-4-5-10(16)11(17)7-9/h4-5,7H,3,6,8H2,1-2H3,(H,18,21)(H,19,20)(H,22,23). The van der Waals surface area contributed by atoms with Gasteiger partial charge in [-0.15, -0.1) is 0 Å². The Morgan fingerprint density at radius 1 is 1.22 bits per heavy atom. The van der Waals surface area contributed by atoms with Crippen LogP contribution in [0.3, 0.4) is 0 Å². The molecule has 1 aromatic rings. The lowest BCUT2D eigenvalue weighted by atomic mass is 9.96. The van der Waals surface area contributed by atoms with Crippen molar-refractivity contribution in [2.45, 2.75) is 32.2 Å². The van der Waals surface area contributed by atoms with Crippen molar-refractivity contribution >= 4 is 41.0 Å². The van der Waals surface area contributed by atoms with Gasteiger partial charge in [0, 0.05) is 5.56 Å². The molecule has 1 rings (SSSR count). The molecule has 126 valence electrons. The van der Waals surface area contributed by atoms with Crippen molar-refractivity contribution in [3.05, 3.63) is 33.8 Å². The van der Waals surface area contributed by atoms with Crippen LogP contribution in [-0.2, 0) is 9.59 Å². The van der Waals surface area contributed by atoms with E-state index in [-0.39, 0.29) is 23.6 Å². The van der Waals surface area contributed by atoms with Gasteiger partial charge in [-0.05, 0) is 31.5 Å². The number of hydrogen-bond donors (Lipinski definition) is 3. The molecule has 0 bridgehead atoms. The highest BCUT2D eigenvalue weighted by molar-refractivity contribution is 6.42. The van der Waals surface area contributed by atoms with Crippen molar-refractivity contribution in [2.75, 3.05) is 6.54 Å². The van der Waals surface area contributed by atoms with E-state index < -0.39 is 23.3 Å². The topological polar surface area (TPSA) is 95.5 Å².